The van der Waals surface area contributed by atoms with Gasteiger partial charge in [0.25, 0.3) is 0 Å². The van der Waals surface area contributed by atoms with E-state index in [9.17, 15) is 0 Å². The summed E-state index contributed by atoms with van der Waals surface area (Å²) >= 11 is 0. The smallest absolute Gasteiger partial charge is 0.0716 e. The van der Waals surface area contributed by atoms with Crippen LogP contribution in [0.1, 0.15) is 38.7 Å². The van der Waals surface area contributed by atoms with Crippen molar-refractivity contribution in [1.29, 1.82) is 0 Å². The van der Waals surface area contributed by atoms with Crippen molar-refractivity contribution in [3.05, 3.63) is 35.9 Å². The highest BCUT2D eigenvalue weighted by atomic mass is 16.5. The molecular weight excluding hydrogens is 210 g/mol. The van der Waals surface area contributed by atoms with Crippen LogP contribution in [-0.2, 0) is 11.3 Å². The minimum Gasteiger partial charge on any atom is -0.377 e. The molecule has 0 aliphatic heterocycles. The van der Waals surface area contributed by atoms with Crippen molar-refractivity contribution >= 4 is 0 Å². The van der Waals surface area contributed by atoms with Gasteiger partial charge in [-0.2, -0.15) is 0 Å². The lowest BCUT2D eigenvalue weighted by Gasteiger charge is -2.14. The Balaban J connectivity index is 1.98. The summed E-state index contributed by atoms with van der Waals surface area (Å²) in [6.45, 7) is 5.91. The third-order valence-corrected chi connectivity index (χ3v) is 3.04. The number of hydrogen-bond acceptors (Lipinski definition) is 2. The molecule has 0 bridgehead atoms. The van der Waals surface area contributed by atoms with Gasteiger partial charge in [0, 0.05) is 12.6 Å². The molecule has 0 spiro atoms. The number of unbranched alkanes of at least 4 members (excludes halogenated alkanes) is 1. The molecule has 0 fully saturated rings. The van der Waals surface area contributed by atoms with Gasteiger partial charge < -0.3 is 10.5 Å². The lowest BCUT2D eigenvalue weighted by atomic mass is 10.00. The Morgan fingerprint density at radius 2 is 1.82 bits per heavy atom. The van der Waals surface area contributed by atoms with Crippen molar-refractivity contribution < 1.29 is 4.74 Å². The third-order valence-electron chi connectivity index (χ3n) is 3.04. The molecule has 0 radical (unpaired) electrons. The molecule has 2 nitrogen and oxygen atoms in total. The molecule has 1 atom stereocenters. The molecule has 0 aromatic heterocycles. The van der Waals surface area contributed by atoms with Crippen molar-refractivity contribution in [3.63, 3.8) is 0 Å². The Bertz CT molecular complexity index is 284. The molecule has 96 valence electrons. The van der Waals surface area contributed by atoms with E-state index in [1.54, 1.807) is 0 Å². The zero-order chi connectivity index (χ0) is 12.5. The monoisotopic (exact) mass is 235 g/mol. The molecule has 0 saturated carbocycles. The van der Waals surface area contributed by atoms with Crippen LogP contribution in [0.3, 0.4) is 0 Å². The summed E-state index contributed by atoms with van der Waals surface area (Å²) in [6.07, 6.45) is 3.37. The molecular formula is C15H25NO. The average Bonchev–Trinajstić information content (AvgIpc) is 2.34. The Morgan fingerprint density at radius 1 is 1.12 bits per heavy atom. The zero-order valence-corrected chi connectivity index (χ0v) is 11.1. The SMILES string of the molecule is CC(C)C(N)CCCCOCc1ccccc1. The van der Waals surface area contributed by atoms with Gasteiger partial charge >= 0.3 is 0 Å². The molecule has 1 aromatic rings. The van der Waals surface area contributed by atoms with E-state index in [0.717, 1.165) is 32.5 Å². The van der Waals surface area contributed by atoms with Crippen LogP contribution in [0.5, 0.6) is 0 Å². The minimum absolute atomic E-state index is 0.337. The van der Waals surface area contributed by atoms with Crippen molar-refractivity contribution in [2.45, 2.75) is 45.8 Å². The predicted molar refractivity (Wildman–Crippen MR) is 72.8 cm³/mol. The summed E-state index contributed by atoms with van der Waals surface area (Å²) in [7, 11) is 0. The topological polar surface area (TPSA) is 35.2 Å². The van der Waals surface area contributed by atoms with Gasteiger partial charge in [0.05, 0.1) is 6.61 Å². The Labute approximate surface area is 105 Å². The van der Waals surface area contributed by atoms with E-state index in [2.05, 4.69) is 26.0 Å². The lowest BCUT2D eigenvalue weighted by Crippen LogP contribution is -2.26. The van der Waals surface area contributed by atoms with Gasteiger partial charge in [0.2, 0.25) is 0 Å². The molecule has 1 aromatic carbocycles. The maximum atomic E-state index is 5.98. The van der Waals surface area contributed by atoms with Crippen LogP contribution in [0, 0.1) is 5.92 Å². The lowest BCUT2D eigenvalue weighted by molar-refractivity contribution is 0.116. The fourth-order valence-corrected chi connectivity index (χ4v) is 1.68. The summed E-state index contributed by atoms with van der Waals surface area (Å²) < 4.78 is 5.62. The fourth-order valence-electron chi connectivity index (χ4n) is 1.68. The third kappa shape index (κ3) is 6.44. The summed E-state index contributed by atoms with van der Waals surface area (Å²) in [6, 6.07) is 10.6. The summed E-state index contributed by atoms with van der Waals surface area (Å²) in [5.41, 5.74) is 7.22. The second-order valence-corrected chi connectivity index (χ2v) is 4.94. The first-order valence-corrected chi connectivity index (χ1v) is 6.57. The van der Waals surface area contributed by atoms with Crippen LogP contribution >= 0.6 is 0 Å². The van der Waals surface area contributed by atoms with Crippen LogP contribution in [0.15, 0.2) is 30.3 Å². The summed E-state index contributed by atoms with van der Waals surface area (Å²) in [4.78, 5) is 0. The van der Waals surface area contributed by atoms with E-state index in [-0.39, 0.29) is 0 Å². The van der Waals surface area contributed by atoms with Gasteiger partial charge in [-0.1, -0.05) is 44.2 Å². The summed E-state index contributed by atoms with van der Waals surface area (Å²) in [5.74, 6) is 0.584. The highest BCUT2D eigenvalue weighted by Crippen LogP contribution is 2.08. The number of ether oxygens (including phenoxy) is 1. The number of hydrogen-bond donors (Lipinski definition) is 1. The van der Waals surface area contributed by atoms with E-state index in [1.165, 1.54) is 5.56 Å². The van der Waals surface area contributed by atoms with E-state index in [4.69, 9.17) is 10.5 Å². The number of nitrogens with two attached hydrogens (primary N) is 1. The first-order valence-electron chi connectivity index (χ1n) is 6.57. The fraction of sp³-hybridized carbons (Fsp3) is 0.600. The van der Waals surface area contributed by atoms with Crippen LogP contribution in [0.4, 0.5) is 0 Å². The van der Waals surface area contributed by atoms with Gasteiger partial charge in [0.1, 0.15) is 0 Å². The Morgan fingerprint density at radius 3 is 2.47 bits per heavy atom. The Kier molecular flexibility index (Phi) is 6.90. The molecule has 0 aliphatic rings. The van der Waals surface area contributed by atoms with Gasteiger partial charge in [0.15, 0.2) is 0 Å². The van der Waals surface area contributed by atoms with Crippen molar-refractivity contribution in [2.75, 3.05) is 6.61 Å². The molecule has 0 saturated heterocycles. The highest BCUT2D eigenvalue weighted by molar-refractivity contribution is 5.13. The molecule has 0 amide bonds. The van der Waals surface area contributed by atoms with Gasteiger partial charge in [-0.3, -0.25) is 0 Å². The van der Waals surface area contributed by atoms with E-state index in [1.807, 2.05) is 18.2 Å². The van der Waals surface area contributed by atoms with Gasteiger partial charge in [-0.25, -0.2) is 0 Å². The highest BCUT2D eigenvalue weighted by Gasteiger charge is 2.06. The van der Waals surface area contributed by atoms with Crippen LogP contribution in [0.2, 0.25) is 0 Å². The van der Waals surface area contributed by atoms with Crippen molar-refractivity contribution in [2.24, 2.45) is 11.7 Å². The zero-order valence-electron chi connectivity index (χ0n) is 11.1. The maximum absolute atomic E-state index is 5.98. The Hall–Kier alpha value is -0.860. The first kappa shape index (κ1) is 14.2. The van der Waals surface area contributed by atoms with Crippen LogP contribution in [0.25, 0.3) is 0 Å². The number of benzene rings is 1. The van der Waals surface area contributed by atoms with E-state index < -0.39 is 0 Å². The molecule has 0 heterocycles. The quantitative estimate of drug-likeness (QED) is 0.701. The second-order valence-electron chi connectivity index (χ2n) is 4.94. The van der Waals surface area contributed by atoms with Crippen LogP contribution in [-0.4, -0.2) is 12.6 Å². The largest absolute Gasteiger partial charge is 0.377 e. The maximum Gasteiger partial charge on any atom is 0.0716 e. The van der Waals surface area contributed by atoms with Crippen molar-refractivity contribution in [1.82, 2.24) is 0 Å². The standard InChI is InChI=1S/C15H25NO/c1-13(2)15(16)10-6-7-11-17-12-14-8-4-3-5-9-14/h3-5,8-9,13,15H,6-7,10-12,16H2,1-2H3. The summed E-state index contributed by atoms with van der Waals surface area (Å²) in [5, 5.41) is 0. The first-order chi connectivity index (χ1) is 8.20. The molecule has 2 heteroatoms. The molecule has 17 heavy (non-hydrogen) atoms. The molecule has 2 N–H and O–H groups in total. The number of rotatable bonds is 8. The molecule has 1 unspecified atom stereocenters. The molecule has 1 rings (SSSR count). The van der Waals surface area contributed by atoms with Crippen molar-refractivity contribution in [3.8, 4) is 0 Å². The van der Waals surface area contributed by atoms with E-state index >= 15 is 0 Å². The predicted octanol–water partition coefficient (Wildman–Crippen LogP) is 3.36. The second kappa shape index (κ2) is 8.26. The normalized spacial score (nSPS) is 12.9. The van der Waals surface area contributed by atoms with Gasteiger partial charge in [-0.05, 0) is 30.7 Å². The average molecular weight is 235 g/mol. The minimum atomic E-state index is 0.337. The molecule has 0 aliphatic carbocycles. The van der Waals surface area contributed by atoms with Crippen LogP contribution < -0.4 is 5.73 Å². The van der Waals surface area contributed by atoms with Gasteiger partial charge in [-0.15, -0.1) is 0 Å². The van der Waals surface area contributed by atoms with E-state index in [0.29, 0.717) is 12.0 Å².